The van der Waals surface area contributed by atoms with Crippen LogP contribution in [-0.2, 0) is 5.11 Å². The molecule has 0 aromatic rings. The minimum Gasteiger partial charge on any atom is -0.299 e. The molecule has 0 aliphatic heterocycles. The van der Waals surface area contributed by atoms with Gasteiger partial charge in [0.05, 0.1) is 0 Å². The van der Waals surface area contributed by atoms with E-state index in [1.807, 2.05) is 0 Å². The van der Waals surface area contributed by atoms with Crippen molar-refractivity contribution in [1.29, 1.82) is 0 Å². The Balaban J connectivity index is 2.91. The van der Waals surface area contributed by atoms with Crippen molar-refractivity contribution < 1.29 is 5.11 Å². The van der Waals surface area contributed by atoms with Crippen molar-refractivity contribution in [2.45, 2.75) is 103 Å². The number of hydrogen-bond acceptors (Lipinski definition) is 0. The Bertz CT molecular complexity index is 175. The lowest BCUT2D eigenvalue weighted by Gasteiger charge is -2.02. The molecule has 0 amide bonds. The van der Waals surface area contributed by atoms with E-state index in [-0.39, 0.29) is 0 Å². The van der Waals surface area contributed by atoms with Crippen LogP contribution >= 0.6 is 0 Å². The van der Waals surface area contributed by atoms with Crippen LogP contribution < -0.4 is 0 Å². The summed E-state index contributed by atoms with van der Waals surface area (Å²) in [6, 6.07) is 0. The topological polar surface area (TPSA) is 19.9 Å². The molecular formula is C18H35O. The highest BCUT2D eigenvalue weighted by Gasteiger charge is 1.93. The Morgan fingerprint density at radius 2 is 0.947 bits per heavy atom. The molecule has 0 atom stereocenters. The van der Waals surface area contributed by atoms with Gasteiger partial charge in [-0.2, -0.15) is 0 Å². The normalized spacial score (nSPS) is 11.4. The SMILES string of the molecule is CCCCCCCCCCCCCCCC/C=C\[O]. The first-order valence-corrected chi connectivity index (χ1v) is 8.68. The average Bonchev–Trinajstić information content (AvgIpc) is 2.43. The van der Waals surface area contributed by atoms with Gasteiger partial charge < -0.3 is 0 Å². The van der Waals surface area contributed by atoms with Crippen molar-refractivity contribution in [1.82, 2.24) is 0 Å². The summed E-state index contributed by atoms with van der Waals surface area (Å²) < 4.78 is 0. The number of hydrogen-bond donors (Lipinski definition) is 0. The summed E-state index contributed by atoms with van der Waals surface area (Å²) in [5, 5.41) is 10.1. The van der Waals surface area contributed by atoms with Gasteiger partial charge in [0, 0.05) is 0 Å². The molecule has 0 N–H and O–H groups in total. The zero-order chi connectivity index (χ0) is 14.0. The van der Waals surface area contributed by atoms with Crippen LogP contribution in [0.2, 0.25) is 0 Å². The number of allylic oxidation sites excluding steroid dienone is 1. The molecule has 0 saturated carbocycles. The van der Waals surface area contributed by atoms with Crippen molar-refractivity contribution in [3.8, 4) is 0 Å². The maximum absolute atomic E-state index is 10.1. The van der Waals surface area contributed by atoms with Gasteiger partial charge in [0.15, 0.2) is 0 Å². The molecule has 0 rings (SSSR count). The first-order chi connectivity index (χ1) is 9.41. The summed E-state index contributed by atoms with van der Waals surface area (Å²) in [4.78, 5) is 0. The smallest absolute Gasteiger partial charge is 0.138 e. The lowest BCUT2D eigenvalue weighted by Crippen LogP contribution is -1.83. The minimum absolute atomic E-state index is 0.919. The van der Waals surface area contributed by atoms with E-state index in [0.717, 1.165) is 12.7 Å². The highest BCUT2D eigenvalue weighted by Crippen LogP contribution is 2.13. The first kappa shape index (κ1) is 18.5. The zero-order valence-electron chi connectivity index (χ0n) is 13.2. The summed E-state index contributed by atoms with van der Waals surface area (Å²) in [5.41, 5.74) is 0. The van der Waals surface area contributed by atoms with E-state index in [2.05, 4.69) is 6.92 Å². The molecule has 19 heavy (non-hydrogen) atoms. The van der Waals surface area contributed by atoms with E-state index in [4.69, 9.17) is 0 Å². The quantitative estimate of drug-likeness (QED) is 0.229. The van der Waals surface area contributed by atoms with Crippen LogP contribution in [0.1, 0.15) is 103 Å². The molecule has 0 saturated heterocycles. The second kappa shape index (κ2) is 17.5. The molecule has 0 fully saturated rings. The third-order valence-corrected chi connectivity index (χ3v) is 3.82. The predicted molar refractivity (Wildman–Crippen MR) is 84.8 cm³/mol. The van der Waals surface area contributed by atoms with Gasteiger partial charge in [0.25, 0.3) is 0 Å². The van der Waals surface area contributed by atoms with Gasteiger partial charge >= 0.3 is 0 Å². The van der Waals surface area contributed by atoms with Gasteiger partial charge in [0.1, 0.15) is 6.26 Å². The Hall–Kier alpha value is -0.460. The molecule has 0 aromatic carbocycles. The van der Waals surface area contributed by atoms with Crippen molar-refractivity contribution in [2.75, 3.05) is 0 Å². The molecular weight excluding hydrogens is 232 g/mol. The Morgan fingerprint density at radius 1 is 0.579 bits per heavy atom. The van der Waals surface area contributed by atoms with Gasteiger partial charge in [-0.05, 0) is 18.9 Å². The van der Waals surface area contributed by atoms with E-state index in [0.29, 0.717) is 0 Å². The minimum atomic E-state index is 0.919. The summed E-state index contributed by atoms with van der Waals surface area (Å²) in [6.07, 6.45) is 23.1. The van der Waals surface area contributed by atoms with E-state index < -0.39 is 0 Å². The van der Waals surface area contributed by atoms with E-state index >= 15 is 0 Å². The van der Waals surface area contributed by atoms with Gasteiger partial charge in [0.2, 0.25) is 0 Å². The highest BCUT2D eigenvalue weighted by molar-refractivity contribution is 4.70. The Kier molecular flexibility index (Phi) is 17.1. The maximum Gasteiger partial charge on any atom is 0.138 e. The van der Waals surface area contributed by atoms with Gasteiger partial charge in [-0.15, -0.1) is 0 Å². The number of rotatable bonds is 15. The molecule has 0 bridgehead atoms. The van der Waals surface area contributed by atoms with Crippen LogP contribution in [0.3, 0.4) is 0 Å². The van der Waals surface area contributed by atoms with Crippen LogP contribution in [-0.4, -0.2) is 0 Å². The molecule has 1 nitrogen and oxygen atoms in total. The lowest BCUT2D eigenvalue weighted by atomic mass is 10.0. The largest absolute Gasteiger partial charge is 0.299 e. The van der Waals surface area contributed by atoms with Crippen LogP contribution in [0.5, 0.6) is 0 Å². The summed E-state index contributed by atoms with van der Waals surface area (Å²) in [5.74, 6) is 0. The Labute approximate surface area is 121 Å². The predicted octanol–water partition coefficient (Wildman–Crippen LogP) is 6.80. The summed E-state index contributed by atoms with van der Waals surface area (Å²) >= 11 is 0. The van der Waals surface area contributed by atoms with Gasteiger partial charge in [-0.1, -0.05) is 90.4 Å². The molecule has 0 aliphatic carbocycles. The van der Waals surface area contributed by atoms with Gasteiger partial charge in [-0.25, -0.2) is 0 Å². The zero-order valence-corrected chi connectivity index (χ0v) is 13.2. The summed E-state index contributed by atoms with van der Waals surface area (Å²) in [6.45, 7) is 2.28. The van der Waals surface area contributed by atoms with Crippen LogP contribution in [0, 0.1) is 0 Å². The fourth-order valence-electron chi connectivity index (χ4n) is 2.52. The second-order valence-corrected chi connectivity index (χ2v) is 5.76. The van der Waals surface area contributed by atoms with Crippen molar-refractivity contribution >= 4 is 0 Å². The Morgan fingerprint density at radius 3 is 1.32 bits per heavy atom. The van der Waals surface area contributed by atoms with E-state index in [1.165, 1.54) is 89.9 Å². The summed E-state index contributed by atoms with van der Waals surface area (Å²) in [7, 11) is 0. The second-order valence-electron chi connectivity index (χ2n) is 5.76. The average molecular weight is 267 g/mol. The first-order valence-electron chi connectivity index (χ1n) is 8.68. The van der Waals surface area contributed by atoms with Crippen molar-refractivity contribution in [2.24, 2.45) is 0 Å². The standard InChI is InChI=1S/C18H35O/c1-2-3-4-5-6-7-8-9-10-11-12-13-14-15-16-17-18-19/h17-18H,2-16H2,1H3/b18-17-. The molecule has 0 aromatic heterocycles. The lowest BCUT2D eigenvalue weighted by molar-refractivity contribution is 0.349. The highest BCUT2D eigenvalue weighted by atomic mass is 16.2. The van der Waals surface area contributed by atoms with Gasteiger partial charge in [-0.3, -0.25) is 5.11 Å². The van der Waals surface area contributed by atoms with E-state index in [9.17, 15) is 5.11 Å². The van der Waals surface area contributed by atoms with Crippen LogP contribution in [0.25, 0.3) is 0 Å². The van der Waals surface area contributed by atoms with Crippen LogP contribution in [0.15, 0.2) is 12.3 Å². The van der Waals surface area contributed by atoms with E-state index in [1.54, 1.807) is 6.08 Å². The van der Waals surface area contributed by atoms with Crippen LogP contribution in [0.4, 0.5) is 0 Å². The van der Waals surface area contributed by atoms with Crippen molar-refractivity contribution in [3.63, 3.8) is 0 Å². The number of unbranched alkanes of at least 4 members (excludes halogenated alkanes) is 14. The molecule has 0 unspecified atom stereocenters. The molecule has 0 heterocycles. The fourth-order valence-corrected chi connectivity index (χ4v) is 2.52. The molecule has 0 spiro atoms. The molecule has 113 valence electrons. The maximum atomic E-state index is 10.1. The third-order valence-electron chi connectivity index (χ3n) is 3.82. The van der Waals surface area contributed by atoms with Crippen molar-refractivity contribution in [3.05, 3.63) is 12.3 Å². The monoisotopic (exact) mass is 267 g/mol. The fraction of sp³-hybridized carbons (Fsp3) is 0.889. The third kappa shape index (κ3) is 17.5. The molecule has 1 heteroatoms. The molecule has 1 radical (unpaired) electrons. The molecule has 0 aliphatic rings.